The summed E-state index contributed by atoms with van der Waals surface area (Å²) >= 11 is 13.8. The number of fused-ring (bicyclic) bond motifs is 1. The Morgan fingerprint density at radius 1 is 1.11 bits per heavy atom. The Balaban J connectivity index is 1.52. The van der Waals surface area contributed by atoms with Crippen LogP contribution in [-0.2, 0) is 16.0 Å². The van der Waals surface area contributed by atoms with E-state index in [0.717, 1.165) is 12.0 Å². The molecule has 0 saturated carbocycles. The lowest BCUT2D eigenvalue weighted by Gasteiger charge is -2.37. The van der Waals surface area contributed by atoms with Gasteiger partial charge in [-0.3, -0.25) is 9.59 Å². The standard InChI is InChI=1S/C27H28Cl2N2O4S/c1-34-14-3-12-30(27(33)19-4-2-5-21(29)16-19)17-26(32)31-13-10-25-23(11-15-36-25)24(31)18-35-22-8-6-20(28)7-9-22/h2,4-9,11,15-16,24H,3,10,12-14,17-18H2,1H3. The molecule has 0 saturated heterocycles. The quantitative estimate of drug-likeness (QED) is 0.304. The number of rotatable bonds is 10. The second-order valence-electron chi connectivity index (χ2n) is 8.50. The van der Waals surface area contributed by atoms with Crippen LogP contribution in [0.1, 0.15) is 33.3 Å². The molecule has 1 aromatic heterocycles. The summed E-state index contributed by atoms with van der Waals surface area (Å²) in [5.74, 6) is 0.333. The molecule has 3 aromatic rings. The molecule has 2 aromatic carbocycles. The zero-order chi connectivity index (χ0) is 25.5. The summed E-state index contributed by atoms with van der Waals surface area (Å²) in [5, 5.41) is 3.16. The summed E-state index contributed by atoms with van der Waals surface area (Å²) in [7, 11) is 1.62. The predicted molar refractivity (Wildman–Crippen MR) is 143 cm³/mol. The predicted octanol–water partition coefficient (Wildman–Crippen LogP) is 5.74. The number of benzene rings is 2. The minimum atomic E-state index is -0.245. The van der Waals surface area contributed by atoms with Gasteiger partial charge in [-0.2, -0.15) is 0 Å². The number of nitrogens with zero attached hydrogens (tertiary/aromatic N) is 2. The maximum Gasteiger partial charge on any atom is 0.254 e. The molecule has 1 atom stereocenters. The zero-order valence-electron chi connectivity index (χ0n) is 20.0. The van der Waals surface area contributed by atoms with Crippen LogP contribution >= 0.6 is 34.5 Å². The zero-order valence-corrected chi connectivity index (χ0v) is 22.3. The van der Waals surface area contributed by atoms with Gasteiger partial charge in [0.1, 0.15) is 18.9 Å². The fraction of sp³-hybridized carbons (Fsp3) is 0.333. The average Bonchev–Trinajstić information content (AvgIpc) is 3.36. The van der Waals surface area contributed by atoms with Crippen molar-refractivity contribution in [3.8, 4) is 5.75 Å². The van der Waals surface area contributed by atoms with Gasteiger partial charge in [-0.1, -0.05) is 29.3 Å². The van der Waals surface area contributed by atoms with Crippen LogP contribution in [0.3, 0.4) is 0 Å². The van der Waals surface area contributed by atoms with E-state index in [1.54, 1.807) is 59.7 Å². The molecule has 6 nitrogen and oxygen atoms in total. The van der Waals surface area contributed by atoms with E-state index in [9.17, 15) is 9.59 Å². The van der Waals surface area contributed by atoms with Crippen molar-refractivity contribution in [2.24, 2.45) is 0 Å². The van der Waals surface area contributed by atoms with E-state index in [2.05, 4.69) is 6.07 Å². The van der Waals surface area contributed by atoms with Crippen LogP contribution in [0.4, 0.5) is 0 Å². The van der Waals surface area contributed by atoms with E-state index in [4.69, 9.17) is 32.7 Å². The Labute approximate surface area is 225 Å². The van der Waals surface area contributed by atoms with Gasteiger partial charge in [-0.05, 0) is 72.3 Å². The average molecular weight is 548 g/mol. The summed E-state index contributed by atoms with van der Waals surface area (Å²) in [6.45, 7) is 1.73. The Morgan fingerprint density at radius 3 is 2.67 bits per heavy atom. The molecular weight excluding hydrogens is 519 g/mol. The van der Waals surface area contributed by atoms with Crippen molar-refractivity contribution in [1.82, 2.24) is 9.80 Å². The van der Waals surface area contributed by atoms with Crippen LogP contribution in [0.25, 0.3) is 0 Å². The van der Waals surface area contributed by atoms with Crippen LogP contribution in [0.5, 0.6) is 5.75 Å². The van der Waals surface area contributed by atoms with E-state index in [1.807, 2.05) is 22.4 Å². The number of amides is 2. The molecular formula is C27H28Cl2N2O4S. The first kappa shape index (κ1) is 26.5. The van der Waals surface area contributed by atoms with Crippen molar-refractivity contribution in [1.29, 1.82) is 0 Å². The molecule has 4 rings (SSSR count). The molecule has 0 spiro atoms. The molecule has 0 radical (unpaired) electrons. The normalized spacial score (nSPS) is 14.9. The Morgan fingerprint density at radius 2 is 1.92 bits per heavy atom. The largest absolute Gasteiger partial charge is 0.491 e. The van der Waals surface area contributed by atoms with E-state index < -0.39 is 0 Å². The molecule has 0 aliphatic carbocycles. The summed E-state index contributed by atoms with van der Waals surface area (Å²) < 4.78 is 11.2. The maximum absolute atomic E-state index is 13.6. The van der Waals surface area contributed by atoms with Gasteiger partial charge in [-0.25, -0.2) is 0 Å². The van der Waals surface area contributed by atoms with Gasteiger partial charge < -0.3 is 19.3 Å². The molecule has 1 unspecified atom stereocenters. The van der Waals surface area contributed by atoms with Gasteiger partial charge in [0.25, 0.3) is 5.91 Å². The lowest BCUT2D eigenvalue weighted by molar-refractivity contribution is -0.135. The minimum absolute atomic E-state index is 0.0357. The van der Waals surface area contributed by atoms with Gasteiger partial charge in [0.2, 0.25) is 5.91 Å². The first-order chi connectivity index (χ1) is 17.5. The van der Waals surface area contributed by atoms with E-state index in [1.165, 1.54) is 4.88 Å². The highest BCUT2D eigenvalue weighted by molar-refractivity contribution is 7.10. The molecule has 1 aliphatic heterocycles. The molecule has 36 heavy (non-hydrogen) atoms. The van der Waals surface area contributed by atoms with Crippen LogP contribution in [0.2, 0.25) is 10.0 Å². The summed E-state index contributed by atoms with van der Waals surface area (Å²) in [6.07, 6.45) is 1.40. The third-order valence-electron chi connectivity index (χ3n) is 6.10. The second-order valence-corrected chi connectivity index (χ2v) is 10.4. The van der Waals surface area contributed by atoms with Gasteiger partial charge in [0.05, 0.1) is 6.04 Å². The summed E-state index contributed by atoms with van der Waals surface area (Å²) in [4.78, 5) is 31.6. The number of halogens is 2. The lowest BCUT2D eigenvalue weighted by Crippen LogP contribution is -2.48. The van der Waals surface area contributed by atoms with Crippen molar-refractivity contribution in [3.05, 3.63) is 86.0 Å². The van der Waals surface area contributed by atoms with Crippen molar-refractivity contribution in [3.63, 3.8) is 0 Å². The highest BCUT2D eigenvalue weighted by Crippen LogP contribution is 2.34. The highest BCUT2D eigenvalue weighted by atomic mass is 35.5. The Kier molecular flexibility index (Phi) is 9.26. The summed E-state index contributed by atoms with van der Waals surface area (Å²) in [5.41, 5.74) is 1.55. The topological polar surface area (TPSA) is 59.1 Å². The Bertz CT molecular complexity index is 1180. The number of ether oxygens (including phenoxy) is 2. The molecule has 0 bridgehead atoms. The molecule has 9 heteroatoms. The monoisotopic (exact) mass is 546 g/mol. The van der Waals surface area contributed by atoms with Crippen molar-refractivity contribution in [2.75, 3.05) is 40.0 Å². The van der Waals surface area contributed by atoms with Crippen molar-refractivity contribution >= 4 is 46.4 Å². The van der Waals surface area contributed by atoms with Gasteiger partial charge in [-0.15, -0.1) is 11.3 Å². The molecule has 2 amide bonds. The number of hydrogen-bond acceptors (Lipinski definition) is 5. The second kappa shape index (κ2) is 12.6. The molecule has 0 fully saturated rings. The van der Waals surface area contributed by atoms with Crippen LogP contribution in [-0.4, -0.2) is 61.6 Å². The van der Waals surface area contributed by atoms with Crippen molar-refractivity contribution < 1.29 is 19.1 Å². The number of carbonyl (C=O) groups excluding carboxylic acids is 2. The van der Waals surface area contributed by atoms with Gasteiger partial charge in [0.15, 0.2) is 0 Å². The number of methoxy groups -OCH3 is 1. The fourth-order valence-electron chi connectivity index (χ4n) is 4.29. The van der Waals surface area contributed by atoms with Crippen LogP contribution in [0, 0.1) is 0 Å². The third kappa shape index (κ3) is 6.59. The van der Waals surface area contributed by atoms with Crippen LogP contribution < -0.4 is 4.74 Å². The molecule has 1 aliphatic rings. The first-order valence-corrected chi connectivity index (χ1v) is 13.4. The van der Waals surface area contributed by atoms with Crippen molar-refractivity contribution in [2.45, 2.75) is 18.9 Å². The fourth-order valence-corrected chi connectivity index (χ4v) is 5.54. The molecule has 2 heterocycles. The smallest absolute Gasteiger partial charge is 0.254 e. The highest BCUT2D eigenvalue weighted by Gasteiger charge is 2.33. The van der Waals surface area contributed by atoms with E-state index in [-0.39, 0.29) is 24.4 Å². The summed E-state index contributed by atoms with van der Waals surface area (Å²) in [6, 6.07) is 15.8. The number of carbonyl (C=O) groups is 2. The van der Waals surface area contributed by atoms with Gasteiger partial charge in [0, 0.05) is 47.3 Å². The lowest BCUT2D eigenvalue weighted by atomic mass is 10.0. The Hall–Kier alpha value is -2.58. The van der Waals surface area contributed by atoms with Crippen LogP contribution in [0.15, 0.2) is 60.0 Å². The van der Waals surface area contributed by atoms with E-state index >= 15 is 0 Å². The number of thiophene rings is 1. The SMILES string of the molecule is COCCCN(CC(=O)N1CCc2sccc2C1COc1ccc(Cl)cc1)C(=O)c1cccc(Cl)c1. The minimum Gasteiger partial charge on any atom is -0.491 e. The number of hydrogen-bond donors (Lipinski definition) is 0. The first-order valence-electron chi connectivity index (χ1n) is 11.7. The maximum atomic E-state index is 13.6. The third-order valence-corrected chi connectivity index (χ3v) is 7.58. The molecule has 190 valence electrons. The van der Waals surface area contributed by atoms with E-state index in [0.29, 0.717) is 54.1 Å². The van der Waals surface area contributed by atoms with Gasteiger partial charge >= 0.3 is 0 Å². The molecule has 0 N–H and O–H groups in total.